The Morgan fingerprint density at radius 3 is 2.79 bits per heavy atom. The van der Waals surface area contributed by atoms with Crippen LogP contribution >= 0.6 is 15.9 Å². The summed E-state index contributed by atoms with van der Waals surface area (Å²) in [6, 6.07) is 8.33. The number of anilines is 1. The largest absolute Gasteiger partial charge is 0.384 e. The zero-order chi connectivity index (χ0) is 13.5. The fraction of sp³-hybridized carbons (Fsp3) is 0.600. The van der Waals surface area contributed by atoms with Gasteiger partial charge in [-0.15, -0.1) is 0 Å². The van der Waals surface area contributed by atoms with E-state index in [1.165, 1.54) is 44.7 Å². The van der Waals surface area contributed by atoms with Crippen LogP contribution in [0.15, 0.2) is 28.7 Å². The molecule has 106 valence electrons. The van der Waals surface area contributed by atoms with Crippen LogP contribution < -0.4 is 5.32 Å². The number of benzene rings is 1. The standard InChI is InChI=1S/C15H24BrN3/c1-18(11-12-19-8-2-3-9-19)10-7-17-15-6-4-5-14(16)13-15/h4-6,13,17H,2-3,7-12H2,1H3. The summed E-state index contributed by atoms with van der Waals surface area (Å²) in [4.78, 5) is 4.97. The van der Waals surface area contributed by atoms with Gasteiger partial charge in [0.1, 0.15) is 0 Å². The molecule has 0 radical (unpaired) electrons. The van der Waals surface area contributed by atoms with Gasteiger partial charge >= 0.3 is 0 Å². The number of halogens is 1. The highest BCUT2D eigenvalue weighted by Crippen LogP contribution is 2.15. The van der Waals surface area contributed by atoms with E-state index in [0.29, 0.717) is 0 Å². The number of rotatable bonds is 7. The van der Waals surface area contributed by atoms with Gasteiger partial charge in [-0.05, 0) is 51.2 Å². The quantitative estimate of drug-likeness (QED) is 0.831. The fourth-order valence-corrected chi connectivity index (χ4v) is 2.82. The zero-order valence-corrected chi connectivity index (χ0v) is 13.3. The van der Waals surface area contributed by atoms with E-state index in [0.717, 1.165) is 17.6 Å². The molecule has 0 amide bonds. The number of nitrogens with one attached hydrogen (secondary N) is 1. The average molecular weight is 326 g/mol. The van der Waals surface area contributed by atoms with E-state index in [1.54, 1.807) is 0 Å². The molecule has 1 heterocycles. The smallest absolute Gasteiger partial charge is 0.0351 e. The molecule has 1 N–H and O–H groups in total. The van der Waals surface area contributed by atoms with Gasteiger partial charge in [0.2, 0.25) is 0 Å². The van der Waals surface area contributed by atoms with Crippen LogP contribution in [0.5, 0.6) is 0 Å². The van der Waals surface area contributed by atoms with Gasteiger partial charge < -0.3 is 15.1 Å². The van der Waals surface area contributed by atoms with Crippen molar-refractivity contribution in [3.8, 4) is 0 Å². The van der Waals surface area contributed by atoms with Gasteiger partial charge in [-0.25, -0.2) is 0 Å². The van der Waals surface area contributed by atoms with E-state index < -0.39 is 0 Å². The molecule has 4 heteroatoms. The molecule has 0 aromatic heterocycles. The van der Waals surface area contributed by atoms with Crippen LogP contribution in [0.3, 0.4) is 0 Å². The Morgan fingerprint density at radius 2 is 2.05 bits per heavy atom. The molecule has 1 aromatic carbocycles. The number of hydrogen-bond donors (Lipinski definition) is 1. The average Bonchev–Trinajstić information content (AvgIpc) is 2.89. The third-order valence-corrected chi connectivity index (χ3v) is 4.14. The van der Waals surface area contributed by atoms with Gasteiger partial charge in [0, 0.05) is 36.3 Å². The highest BCUT2D eigenvalue weighted by molar-refractivity contribution is 9.10. The molecule has 0 aliphatic carbocycles. The summed E-state index contributed by atoms with van der Waals surface area (Å²) in [6.45, 7) is 7.05. The summed E-state index contributed by atoms with van der Waals surface area (Å²) < 4.78 is 1.12. The topological polar surface area (TPSA) is 18.5 Å². The van der Waals surface area contributed by atoms with Crippen molar-refractivity contribution >= 4 is 21.6 Å². The predicted molar refractivity (Wildman–Crippen MR) is 85.8 cm³/mol. The SMILES string of the molecule is CN(CCNc1cccc(Br)c1)CCN1CCCC1. The van der Waals surface area contributed by atoms with Crippen molar-refractivity contribution in [2.75, 3.05) is 51.6 Å². The van der Waals surface area contributed by atoms with Crippen molar-refractivity contribution in [1.82, 2.24) is 9.80 Å². The molecule has 0 spiro atoms. The lowest BCUT2D eigenvalue weighted by Crippen LogP contribution is -2.33. The normalized spacial score (nSPS) is 16.2. The second kappa shape index (κ2) is 7.88. The van der Waals surface area contributed by atoms with Crippen LogP contribution in [0.25, 0.3) is 0 Å². The highest BCUT2D eigenvalue weighted by atomic mass is 79.9. The molecular weight excluding hydrogens is 302 g/mol. The summed E-state index contributed by atoms with van der Waals surface area (Å²) in [5, 5.41) is 3.46. The van der Waals surface area contributed by atoms with E-state index in [9.17, 15) is 0 Å². The number of likely N-dealkylation sites (N-methyl/N-ethyl adjacent to an activating group) is 1. The third kappa shape index (κ3) is 5.51. The number of hydrogen-bond acceptors (Lipinski definition) is 3. The second-order valence-electron chi connectivity index (χ2n) is 5.29. The first kappa shape index (κ1) is 14.8. The molecular formula is C15H24BrN3. The van der Waals surface area contributed by atoms with Crippen molar-refractivity contribution in [3.05, 3.63) is 28.7 Å². The van der Waals surface area contributed by atoms with E-state index in [2.05, 4.69) is 56.3 Å². The van der Waals surface area contributed by atoms with E-state index >= 15 is 0 Å². The predicted octanol–water partition coefficient (Wildman–Crippen LogP) is 2.89. The Morgan fingerprint density at radius 1 is 1.26 bits per heavy atom. The molecule has 1 aliphatic heterocycles. The zero-order valence-electron chi connectivity index (χ0n) is 11.7. The van der Waals surface area contributed by atoms with Gasteiger partial charge in [-0.2, -0.15) is 0 Å². The van der Waals surface area contributed by atoms with Crippen molar-refractivity contribution < 1.29 is 0 Å². The summed E-state index contributed by atoms with van der Waals surface area (Å²) in [5.74, 6) is 0. The van der Waals surface area contributed by atoms with Crippen LogP contribution in [0.1, 0.15) is 12.8 Å². The van der Waals surface area contributed by atoms with Crippen molar-refractivity contribution in [3.63, 3.8) is 0 Å². The molecule has 2 rings (SSSR count). The van der Waals surface area contributed by atoms with E-state index in [-0.39, 0.29) is 0 Å². The molecule has 0 unspecified atom stereocenters. The fourth-order valence-electron chi connectivity index (χ4n) is 2.42. The Labute approximate surface area is 125 Å². The minimum Gasteiger partial charge on any atom is -0.384 e. The second-order valence-corrected chi connectivity index (χ2v) is 6.20. The Bertz CT molecular complexity index is 377. The van der Waals surface area contributed by atoms with Crippen LogP contribution in [0.4, 0.5) is 5.69 Å². The van der Waals surface area contributed by atoms with Crippen molar-refractivity contribution in [2.24, 2.45) is 0 Å². The summed E-state index contributed by atoms with van der Waals surface area (Å²) in [6.07, 6.45) is 2.77. The minimum absolute atomic E-state index is 0.993. The van der Waals surface area contributed by atoms with Gasteiger partial charge in [0.15, 0.2) is 0 Å². The molecule has 0 atom stereocenters. The maximum atomic E-state index is 3.49. The van der Waals surface area contributed by atoms with Crippen LogP contribution in [-0.4, -0.2) is 56.1 Å². The van der Waals surface area contributed by atoms with Crippen molar-refractivity contribution in [2.45, 2.75) is 12.8 Å². The van der Waals surface area contributed by atoms with Crippen LogP contribution in [0, 0.1) is 0 Å². The van der Waals surface area contributed by atoms with Gasteiger partial charge in [0.25, 0.3) is 0 Å². The molecule has 0 bridgehead atoms. The van der Waals surface area contributed by atoms with E-state index in [4.69, 9.17) is 0 Å². The van der Waals surface area contributed by atoms with Crippen LogP contribution in [-0.2, 0) is 0 Å². The lowest BCUT2D eigenvalue weighted by Gasteiger charge is -2.21. The molecule has 1 aliphatic rings. The first-order chi connectivity index (χ1) is 9.24. The Hall–Kier alpha value is -0.580. The maximum absolute atomic E-state index is 3.49. The highest BCUT2D eigenvalue weighted by Gasteiger charge is 2.11. The van der Waals surface area contributed by atoms with Gasteiger partial charge in [0.05, 0.1) is 0 Å². The van der Waals surface area contributed by atoms with Gasteiger partial charge in [-0.3, -0.25) is 0 Å². The molecule has 19 heavy (non-hydrogen) atoms. The summed E-state index contributed by atoms with van der Waals surface area (Å²) >= 11 is 3.49. The molecule has 1 aromatic rings. The third-order valence-electron chi connectivity index (χ3n) is 3.64. The first-order valence-corrected chi connectivity index (χ1v) is 7.94. The molecule has 3 nitrogen and oxygen atoms in total. The summed E-state index contributed by atoms with van der Waals surface area (Å²) in [7, 11) is 2.21. The lowest BCUT2D eigenvalue weighted by molar-refractivity contribution is 0.262. The number of likely N-dealkylation sites (tertiary alicyclic amines) is 1. The van der Waals surface area contributed by atoms with Crippen LogP contribution in [0.2, 0.25) is 0 Å². The van der Waals surface area contributed by atoms with E-state index in [1.807, 2.05) is 6.07 Å². The summed E-state index contributed by atoms with van der Waals surface area (Å²) in [5.41, 5.74) is 1.18. The molecule has 0 saturated carbocycles. The Kier molecular flexibility index (Phi) is 6.14. The minimum atomic E-state index is 0.993. The van der Waals surface area contributed by atoms with Crippen molar-refractivity contribution in [1.29, 1.82) is 0 Å². The first-order valence-electron chi connectivity index (χ1n) is 7.14. The lowest BCUT2D eigenvalue weighted by atomic mass is 10.3. The van der Waals surface area contributed by atoms with Gasteiger partial charge in [-0.1, -0.05) is 22.0 Å². The number of nitrogens with zero attached hydrogens (tertiary/aromatic N) is 2. The maximum Gasteiger partial charge on any atom is 0.0351 e. The molecule has 1 saturated heterocycles. The Balaban J connectivity index is 1.59. The monoisotopic (exact) mass is 325 g/mol. The molecule has 1 fully saturated rings.